The zero-order valence-corrected chi connectivity index (χ0v) is 11.1. The van der Waals surface area contributed by atoms with Crippen LogP contribution >= 0.6 is 11.3 Å². The molecule has 3 rings (SSSR count). The van der Waals surface area contributed by atoms with Crippen molar-refractivity contribution < 1.29 is 9.53 Å². The van der Waals surface area contributed by atoms with Crippen LogP contribution in [0.15, 0.2) is 48.5 Å². The van der Waals surface area contributed by atoms with Crippen LogP contribution in [-0.4, -0.2) is 18.1 Å². The van der Waals surface area contributed by atoms with Crippen LogP contribution in [0.2, 0.25) is 0 Å². The van der Waals surface area contributed by atoms with Crippen LogP contribution < -0.4 is 0 Å². The van der Waals surface area contributed by atoms with E-state index in [4.69, 9.17) is 4.74 Å². The molecule has 1 heterocycles. The standard InChI is InChI=1S/C15H11NO2S/c1-18-15(17)11-6-4-5-10(9-11)14-16-12-7-2-3-8-13(12)19-14/h2-9H,1H3. The number of rotatable bonds is 2. The van der Waals surface area contributed by atoms with Crippen LogP contribution in [0.4, 0.5) is 0 Å². The van der Waals surface area contributed by atoms with E-state index in [0.29, 0.717) is 5.56 Å². The van der Waals surface area contributed by atoms with Crippen molar-refractivity contribution in [3.8, 4) is 10.6 Å². The summed E-state index contributed by atoms with van der Waals surface area (Å²) in [6.45, 7) is 0. The summed E-state index contributed by atoms with van der Waals surface area (Å²) in [5.41, 5.74) is 2.45. The second-order valence-electron chi connectivity index (χ2n) is 4.06. The number of para-hydroxylation sites is 1. The average Bonchev–Trinajstić information content (AvgIpc) is 2.90. The molecule has 0 atom stereocenters. The highest BCUT2D eigenvalue weighted by atomic mass is 32.1. The third-order valence-corrected chi connectivity index (χ3v) is 3.91. The van der Waals surface area contributed by atoms with E-state index in [0.717, 1.165) is 20.8 Å². The maximum absolute atomic E-state index is 11.5. The minimum atomic E-state index is -0.331. The van der Waals surface area contributed by atoms with E-state index in [2.05, 4.69) is 4.98 Å². The minimum Gasteiger partial charge on any atom is -0.465 e. The van der Waals surface area contributed by atoms with Gasteiger partial charge in [-0.25, -0.2) is 9.78 Å². The predicted molar refractivity (Wildman–Crippen MR) is 76.4 cm³/mol. The van der Waals surface area contributed by atoms with Gasteiger partial charge in [0.2, 0.25) is 0 Å². The molecule has 19 heavy (non-hydrogen) atoms. The Hall–Kier alpha value is -2.20. The van der Waals surface area contributed by atoms with Gasteiger partial charge in [0.25, 0.3) is 0 Å². The molecule has 0 amide bonds. The highest BCUT2D eigenvalue weighted by Crippen LogP contribution is 2.30. The lowest BCUT2D eigenvalue weighted by Crippen LogP contribution is -2.00. The maximum Gasteiger partial charge on any atom is 0.337 e. The van der Waals surface area contributed by atoms with Crippen molar-refractivity contribution in [3.63, 3.8) is 0 Å². The number of hydrogen-bond donors (Lipinski definition) is 0. The van der Waals surface area contributed by atoms with Crippen LogP contribution in [0.5, 0.6) is 0 Å². The zero-order chi connectivity index (χ0) is 13.2. The highest BCUT2D eigenvalue weighted by molar-refractivity contribution is 7.21. The molecule has 0 bridgehead atoms. The van der Waals surface area contributed by atoms with Gasteiger partial charge < -0.3 is 4.74 Å². The Morgan fingerprint density at radius 1 is 1.16 bits per heavy atom. The monoisotopic (exact) mass is 269 g/mol. The Kier molecular flexibility index (Phi) is 3.01. The van der Waals surface area contributed by atoms with Gasteiger partial charge in [0.05, 0.1) is 22.9 Å². The molecule has 0 saturated heterocycles. The number of fused-ring (bicyclic) bond motifs is 1. The summed E-state index contributed by atoms with van der Waals surface area (Å²) in [5, 5.41) is 0.909. The molecule has 94 valence electrons. The third-order valence-electron chi connectivity index (χ3n) is 2.82. The lowest BCUT2D eigenvalue weighted by Gasteiger charge is -2.00. The van der Waals surface area contributed by atoms with Crippen molar-refractivity contribution in [3.05, 3.63) is 54.1 Å². The molecule has 0 fully saturated rings. The number of nitrogens with zero attached hydrogens (tertiary/aromatic N) is 1. The number of esters is 1. The molecule has 2 aromatic carbocycles. The van der Waals surface area contributed by atoms with Crippen LogP contribution in [0.25, 0.3) is 20.8 Å². The second kappa shape index (κ2) is 4.82. The molecule has 3 nitrogen and oxygen atoms in total. The summed E-state index contributed by atoms with van der Waals surface area (Å²) < 4.78 is 5.87. The number of methoxy groups -OCH3 is 1. The summed E-state index contributed by atoms with van der Waals surface area (Å²) in [5.74, 6) is -0.331. The Bertz CT molecular complexity index is 715. The molecule has 0 aliphatic rings. The number of aromatic nitrogens is 1. The van der Waals surface area contributed by atoms with Gasteiger partial charge in [-0.3, -0.25) is 0 Å². The van der Waals surface area contributed by atoms with E-state index in [-0.39, 0.29) is 5.97 Å². The van der Waals surface area contributed by atoms with Crippen LogP contribution in [-0.2, 0) is 4.74 Å². The van der Waals surface area contributed by atoms with Gasteiger partial charge in [0.15, 0.2) is 0 Å². The largest absolute Gasteiger partial charge is 0.465 e. The van der Waals surface area contributed by atoms with Gasteiger partial charge in [-0.15, -0.1) is 11.3 Å². The summed E-state index contributed by atoms with van der Waals surface area (Å²) in [4.78, 5) is 16.1. The number of ether oxygens (including phenoxy) is 1. The zero-order valence-electron chi connectivity index (χ0n) is 10.3. The molecule has 0 unspecified atom stereocenters. The molecular weight excluding hydrogens is 258 g/mol. The van der Waals surface area contributed by atoms with E-state index in [1.54, 1.807) is 17.4 Å². The quantitative estimate of drug-likeness (QED) is 0.665. The Morgan fingerprint density at radius 2 is 2.00 bits per heavy atom. The molecule has 0 saturated carbocycles. The Balaban J connectivity index is 2.08. The van der Waals surface area contributed by atoms with Crippen molar-refractivity contribution in [2.24, 2.45) is 0 Å². The van der Waals surface area contributed by atoms with E-state index in [1.807, 2.05) is 42.5 Å². The first kappa shape index (κ1) is 11.9. The minimum absolute atomic E-state index is 0.331. The average molecular weight is 269 g/mol. The predicted octanol–water partition coefficient (Wildman–Crippen LogP) is 3.75. The van der Waals surface area contributed by atoms with Crippen LogP contribution in [0, 0.1) is 0 Å². The first-order chi connectivity index (χ1) is 9.28. The van der Waals surface area contributed by atoms with Gasteiger partial charge >= 0.3 is 5.97 Å². The van der Waals surface area contributed by atoms with Crippen LogP contribution in [0.1, 0.15) is 10.4 Å². The Morgan fingerprint density at radius 3 is 2.79 bits per heavy atom. The summed E-state index contributed by atoms with van der Waals surface area (Å²) in [7, 11) is 1.38. The maximum atomic E-state index is 11.5. The van der Waals surface area contributed by atoms with E-state index < -0.39 is 0 Å². The van der Waals surface area contributed by atoms with Crippen molar-refractivity contribution in [1.29, 1.82) is 0 Å². The molecule has 0 radical (unpaired) electrons. The van der Waals surface area contributed by atoms with Gasteiger partial charge in [0.1, 0.15) is 5.01 Å². The van der Waals surface area contributed by atoms with E-state index in [1.165, 1.54) is 7.11 Å². The molecule has 0 aliphatic carbocycles. The summed E-state index contributed by atoms with van der Waals surface area (Å²) >= 11 is 1.62. The molecule has 0 aliphatic heterocycles. The number of benzene rings is 2. The summed E-state index contributed by atoms with van der Waals surface area (Å²) in [6.07, 6.45) is 0. The topological polar surface area (TPSA) is 39.2 Å². The van der Waals surface area contributed by atoms with E-state index in [9.17, 15) is 4.79 Å². The first-order valence-electron chi connectivity index (χ1n) is 5.82. The summed E-state index contributed by atoms with van der Waals surface area (Å²) in [6, 6.07) is 15.3. The fourth-order valence-electron chi connectivity index (χ4n) is 1.89. The Labute approximate surface area is 114 Å². The molecule has 0 N–H and O–H groups in total. The smallest absolute Gasteiger partial charge is 0.337 e. The van der Waals surface area contributed by atoms with Gasteiger partial charge in [0, 0.05) is 5.56 Å². The third kappa shape index (κ3) is 2.22. The lowest BCUT2D eigenvalue weighted by atomic mass is 10.1. The fourth-order valence-corrected chi connectivity index (χ4v) is 2.85. The van der Waals surface area contributed by atoms with Crippen LogP contribution in [0.3, 0.4) is 0 Å². The normalized spacial score (nSPS) is 10.6. The number of carbonyl (C=O) groups is 1. The molecule has 4 heteroatoms. The lowest BCUT2D eigenvalue weighted by molar-refractivity contribution is 0.0601. The van der Waals surface area contributed by atoms with Gasteiger partial charge in [-0.2, -0.15) is 0 Å². The highest BCUT2D eigenvalue weighted by Gasteiger charge is 2.09. The van der Waals surface area contributed by atoms with Crippen molar-refractivity contribution in [2.75, 3.05) is 7.11 Å². The number of hydrogen-bond acceptors (Lipinski definition) is 4. The number of thiazole rings is 1. The molecular formula is C15H11NO2S. The van der Waals surface area contributed by atoms with Gasteiger partial charge in [-0.05, 0) is 24.3 Å². The number of carbonyl (C=O) groups excluding carboxylic acids is 1. The first-order valence-corrected chi connectivity index (χ1v) is 6.64. The van der Waals surface area contributed by atoms with Crippen molar-refractivity contribution in [2.45, 2.75) is 0 Å². The van der Waals surface area contributed by atoms with Crippen molar-refractivity contribution in [1.82, 2.24) is 4.98 Å². The second-order valence-corrected chi connectivity index (χ2v) is 5.09. The fraction of sp³-hybridized carbons (Fsp3) is 0.0667. The molecule has 3 aromatic rings. The SMILES string of the molecule is COC(=O)c1cccc(-c2nc3ccccc3s2)c1. The van der Waals surface area contributed by atoms with Gasteiger partial charge in [-0.1, -0.05) is 24.3 Å². The van der Waals surface area contributed by atoms with Crippen molar-refractivity contribution >= 4 is 27.5 Å². The molecule has 0 spiro atoms. The molecule has 1 aromatic heterocycles. The van der Waals surface area contributed by atoms with E-state index >= 15 is 0 Å².